The molecule has 1 aliphatic rings. The zero-order valence-corrected chi connectivity index (χ0v) is 16.1. The SMILES string of the molecule is O=C(C[S@](=O)Cc1c(F)cccc1Cl)N1CCN(c2ccc(F)cc2)CC1. The van der Waals surface area contributed by atoms with Crippen molar-refractivity contribution in [3.05, 3.63) is 64.7 Å². The van der Waals surface area contributed by atoms with Crippen molar-refractivity contribution >= 4 is 34.0 Å². The van der Waals surface area contributed by atoms with Gasteiger partial charge in [0.25, 0.3) is 0 Å². The average Bonchev–Trinajstić information content (AvgIpc) is 2.65. The lowest BCUT2D eigenvalue weighted by molar-refractivity contribution is -0.128. The zero-order chi connectivity index (χ0) is 19.4. The quantitative estimate of drug-likeness (QED) is 0.757. The summed E-state index contributed by atoms with van der Waals surface area (Å²) in [5, 5.41) is 0.212. The van der Waals surface area contributed by atoms with Crippen LogP contribution in [0.3, 0.4) is 0 Å². The third-order valence-electron chi connectivity index (χ3n) is 4.48. The molecule has 0 saturated carbocycles. The monoisotopic (exact) mass is 412 g/mol. The number of piperazine rings is 1. The van der Waals surface area contributed by atoms with E-state index in [1.807, 2.05) is 0 Å². The van der Waals surface area contributed by atoms with Gasteiger partial charge < -0.3 is 9.80 Å². The fraction of sp³-hybridized carbons (Fsp3) is 0.316. The van der Waals surface area contributed by atoms with E-state index in [1.54, 1.807) is 17.0 Å². The highest BCUT2D eigenvalue weighted by atomic mass is 35.5. The number of halogens is 3. The lowest BCUT2D eigenvalue weighted by Gasteiger charge is -2.36. The van der Waals surface area contributed by atoms with E-state index in [9.17, 15) is 17.8 Å². The number of benzene rings is 2. The smallest absolute Gasteiger partial charge is 0.235 e. The highest BCUT2D eigenvalue weighted by molar-refractivity contribution is 7.84. The third-order valence-corrected chi connectivity index (χ3v) is 6.01. The van der Waals surface area contributed by atoms with E-state index in [2.05, 4.69) is 4.90 Å². The van der Waals surface area contributed by atoms with E-state index in [4.69, 9.17) is 11.6 Å². The van der Waals surface area contributed by atoms with Gasteiger partial charge in [0.15, 0.2) is 0 Å². The van der Waals surface area contributed by atoms with Gasteiger partial charge in [0, 0.05) is 53.3 Å². The van der Waals surface area contributed by atoms with E-state index in [0.717, 1.165) is 5.69 Å². The molecule has 1 fully saturated rings. The van der Waals surface area contributed by atoms with Crippen LogP contribution in [0.5, 0.6) is 0 Å². The molecular weight excluding hydrogens is 394 g/mol. The fourth-order valence-electron chi connectivity index (χ4n) is 2.98. The highest BCUT2D eigenvalue weighted by Crippen LogP contribution is 2.21. The van der Waals surface area contributed by atoms with Crippen molar-refractivity contribution in [2.45, 2.75) is 5.75 Å². The van der Waals surface area contributed by atoms with Crippen LogP contribution in [0.4, 0.5) is 14.5 Å². The van der Waals surface area contributed by atoms with Crippen molar-refractivity contribution in [1.82, 2.24) is 4.90 Å². The van der Waals surface area contributed by atoms with Gasteiger partial charge in [0.2, 0.25) is 5.91 Å². The van der Waals surface area contributed by atoms with Gasteiger partial charge in [-0.3, -0.25) is 9.00 Å². The van der Waals surface area contributed by atoms with Gasteiger partial charge >= 0.3 is 0 Å². The molecule has 0 N–H and O–H groups in total. The van der Waals surface area contributed by atoms with E-state index in [0.29, 0.717) is 26.2 Å². The first-order chi connectivity index (χ1) is 12.9. The van der Waals surface area contributed by atoms with Crippen LogP contribution >= 0.6 is 11.6 Å². The Labute approximate surface area is 164 Å². The van der Waals surface area contributed by atoms with Crippen LogP contribution in [0.25, 0.3) is 0 Å². The lowest BCUT2D eigenvalue weighted by Crippen LogP contribution is -2.50. The summed E-state index contributed by atoms with van der Waals surface area (Å²) in [6, 6.07) is 10.5. The number of carbonyl (C=O) groups is 1. The molecule has 144 valence electrons. The molecule has 0 aromatic heterocycles. The van der Waals surface area contributed by atoms with Gasteiger partial charge in [0.1, 0.15) is 17.4 Å². The molecule has 1 saturated heterocycles. The fourth-order valence-corrected chi connectivity index (χ4v) is 4.46. The summed E-state index contributed by atoms with van der Waals surface area (Å²) >= 11 is 5.94. The Bertz CT molecular complexity index is 820. The highest BCUT2D eigenvalue weighted by Gasteiger charge is 2.23. The number of hydrogen-bond acceptors (Lipinski definition) is 3. The first kappa shape index (κ1) is 19.8. The van der Waals surface area contributed by atoms with Crippen LogP contribution in [-0.2, 0) is 21.3 Å². The third kappa shape index (κ3) is 5.05. The Morgan fingerprint density at radius 3 is 2.33 bits per heavy atom. The second-order valence-electron chi connectivity index (χ2n) is 6.27. The number of rotatable bonds is 5. The molecule has 8 heteroatoms. The molecule has 0 aliphatic carbocycles. The van der Waals surface area contributed by atoms with Crippen molar-refractivity contribution < 1.29 is 17.8 Å². The topological polar surface area (TPSA) is 40.6 Å². The molecule has 4 nitrogen and oxygen atoms in total. The van der Waals surface area contributed by atoms with Crippen LogP contribution in [0.1, 0.15) is 5.56 Å². The maximum Gasteiger partial charge on any atom is 0.235 e. The van der Waals surface area contributed by atoms with Gasteiger partial charge in [-0.2, -0.15) is 0 Å². The molecule has 0 unspecified atom stereocenters. The second kappa shape index (κ2) is 8.80. The number of nitrogens with zero attached hydrogens (tertiary/aromatic N) is 2. The lowest BCUT2D eigenvalue weighted by atomic mass is 10.2. The van der Waals surface area contributed by atoms with Crippen LogP contribution < -0.4 is 4.90 Å². The Morgan fingerprint density at radius 1 is 1.04 bits per heavy atom. The molecule has 2 aromatic carbocycles. The summed E-state index contributed by atoms with van der Waals surface area (Å²) in [5.74, 6) is -1.28. The minimum atomic E-state index is -1.54. The van der Waals surface area contributed by atoms with Crippen LogP contribution in [-0.4, -0.2) is 46.9 Å². The van der Waals surface area contributed by atoms with Crippen molar-refractivity contribution in [2.75, 3.05) is 36.8 Å². The molecule has 1 amide bonds. The summed E-state index contributed by atoms with van der Waals surface area (Å²) in [6.07, 6.45) is 0. The summed E-state index contributed by atoms with van der Waals surface area (Å²) in [4.78, 5) is 16.1. The largest absolute Gasteiger partial charge is 0.368 e. The van der Waals surface area contributed by atoms with Gasteiger partial charge in [0.05, 0.1) is 5.75 Å². The number of hydrogen-bond donors (Lipinski definition) is 0. The average molecular weight is 413 g/mol. The summed E-state index contributed by atoms with van der Waals surface area (Å²) in [5.41, 5.74) is 1.08. The molecule has 3 rings (SSSR count). The predicted octanol–water partition coefficient (Wildman–Crippen LogP) is 3.22. The minimum absolute atomic E-state index is 0.0905. The van der Waals surface area contributed by atoms with E-state index in [1.165, 1.54) is 30.3 Å². The standard InChI is InChI=1S/C19H19ClF2N2O2S/c20-17-2-1-3-18(22)16(17)12-27(26)13-19(25)24-10-8-23(9-11-24)15-6-4-14(21)5-7-15/h1-7H,8-13H2/t27-/m1/s1. The number of carbonyl (C=O) groups excluding carboxylic acids is 1. The number of amides is 1. The van der Waals surface area contributed by atoms with E-state index in [-0.39, 0.29) is 33.8 Å². The second-order valence-corrected chi connectivity index (χ2v) is 8.14. The Balaban J connectivity index is 1.52. The number of anilines is 1. The first-order valence-electron chi connectivity index (χ1n) is 8.50. The van der Waals surface area contributed by atoms with Crippen molar-refractivity contribution in [1.29, 1.82) is 0 Å². The molecule has 0 spiro atoms. The van der Waals surface area contributed by atoms with Crippen LogP contribution in [0.2, 0.25) is 5.02 Å². The van der Waals surface area contributed by atoms with Crippen molar-refractivity contribution in [3.63, 3.8) is 0 Å². The summed E-state index contributed by atoms with van der Waals surface area (Å²) < 4.78 is 39.1. The van der Waals surface area contributed by atoms with Crippen LogP contribution in [0.15, 0.2) is 42.5 Å². The Hall–Kier alpha value is -1.99. The van der Waals surface area contributed by atoms with E-state index < -0.39 is 16.6 Å². The maximum absolute atomic E-state index is 13.8. The van der Waals surface area contributed by atoms with Crippen molar-refractivity contribution in [3.8, 4) is 0 Å². The molecule has 1 atom stereocenters. The first-order valence-corrected chi connectivity index (χ1v) is 10.4. The van der Waals surface area contributed by atoms with Gasteiger partial charge in [-0.1, -0.05) is 17.7 Å². The summed E-state index contributed by atoms with van der Waals surface area (Å²) in [6.45, 7) is 2.22. The van der Waals surface area contributed by atoms with Gasteiger partial charge in [-0.05, 0) is 36.4 Å². The molecule has 0 bridgehead atoms. The van der Waals surface area contributed by atoms with Gasteiger partial charge in [-0.15, -0.1) is 0 Å². The molecule has 0 radical (unpaired) electrons. The summed E-state index contributed by atoms with van der Waals surface area (Å²) in [7, 11) is -1.54. The van der Waals surface area contributed by atoms with Crippen molar-refractivity contribution in [2.24, 2.45) is 0 Å². The molecular formula is C19H19ClF2N2O2S. The molecule has 1 aliphatic heterocycles. The predicted molar refractivity (Wildman–Crippen MR) is 103 cm³/mol. The molecule has 1 heterocycles. The van der Waals surface area contributed by atoms with Gasteiger partial charge in [-0.25, -0.2) is 8.78 Å². The zero-order valence-electron chi connectivity index (χ0n) is 14.5. The Kier molecular flexibility index (Phi) is 6.44. The normalized spacial score (nSPS) is 15.7. The van der Waals surface area contributed by atoms with E-state index >= 15 is 0 Å². The minimum Gasteiger partial charge on any atom is -0.368 e. The maximum atomic E-state index is 13.8. The molecule has 27 heavy (non-hydrogen) atoms. The van der Waals surface area contributed by atoms with Crippen LogP contribution in [0, 0.1) is 11.6 Å². The Morgan fingerprint density at radius 2 is 1.70 bits per heavy atom. The molecule has 2 aromatic rings.